The highest BCUT2D eigenvalue weighted by Gasteiger charge is 2.31. The number of benzene rings is 2. The lowest BCUT2D eigenvalue weighted by Crippen LogP contribution is -2.58. The van der Waals surface area contributed by atoms with Crippen LogP contribution in [0.2, 0.25) is 0 Å². The van der Waals surface area contributed by atoms with Crippen LogP contribution in [0.4, 0.5) is 0 Å². The molecule has 0 saturated carbocycles. The molecule has 0 aliphatic carbocycles. The van der Waals surface area contributed by atoms with Gasteiger partial charge in [0.1, 0.15) is 35.7 Å². The van der Waals surface area contributed by atoms with E-state index in [9.17, 15) is 54.0 Å². The third-order valence-corrected chi connectivity index (χ3v) is 8.62. The van der Waals surface area contributed by atoms with Crippen LogP contribution in [0.3, 0.4) is 0 Å². The van der Waals surface area contributed by atoms with Gasteiger partial charge in [-0.25, -0.2) is 4.79 Å². The van der Waals surface area contributed by atoms with E-state index in [1.807, 2.05) is 6.92 Å². The first-order valence-corrected chi connectivity index (χ1v) is 17.6. The van der Waals surface area contributed by atoms with Gasteiger partial charge in [-0.2, -0.15) is 0 Å². The second kappa shape index (κ2) is 21.7. The molecule has 0 spiro atoms. The number of hydrogen-bond donors (Lipinski definition) is 10. The standard InChI is InChI=1S/C37H52N6O11/c1-5-21(4)32(38)36(52)42-28(18-23-8-12-25(45)13-9-23)35(51)41-26(14-15-31(47)48)33(49)39-19-30(46)40-27(17-22-6-10-24(44)11-7-22)34(50)43-29(37(53)54)16-20(2)3/h6-13,20-21,26-29,32,44-45H,5,14-19,38H2,1-4H3,(H,39,49)(H,40,46)(H,41,51)(H,42,52)(H,43,50)(H,47,48)(H,53,54)/t21-,26-,27-,28-,29-,32-/m0/s1. The highest BCUT2D eigenvalue weighted by atomic mass is 16.4. The van der Waals surface area contributed by atoms with Crippen LogP contribution in [0.5, 0.6) is 11.5 Å². The number of carboxylic acids is 2. The van der Waals surface area contributed by atoms with Gasteiger partial charge in [0.25, 0.3) is 0 Å². The lowest BCUT2D eigenvalue weighted by Gasteiger charge is -2.25. The Hall–Kier alpha value is -5.71. The summed E-state index contributed by atoms with van der Waals surface area (Å²) in [5.41, 5.74) is 7.14. The van der Waals surface area contributed by atoms with Gasteiger partial charge in [0.2, 0.25) is 29.5 Å². The smallest absolute Gasteiger partial charge is 0.326 e. The molecule has 296 valence electrons. The number of aromatic hydroxyl groups is 2. The molecule has 0 aliphatic rings. The van der Waals surface area contributed by atoms with Crippen LogP contribution in [-0.2, 0) is 46.4 Å². The van der Waals surface area contributed by atoms with Crippen molar-refractivity contribution in [3.63, 3.8) is 0 Å². The topological polar surface area (TPSA) is 287 Å². The molecule has 0 radical (unpaired) electrons. The van der Waals surface area contributed by atoms with E-state index in [1.165, 1.54) is 48.5 Å². The molecule has 17 nitrogen and oxygen atoms in total. The Morgan fingerprint density at radius 1 is 0.648 bits per heavy atom. The van der Waals surface area contributed by atoms with Crippen molar-refractivity contribution >= 4 is 41.5 Å². The van der Waals surface area contributed by atoms with E-state index in [-0.39, 0.29) is 49.0 Å². The number of nitrogens with two attached hydrogens (primary N) is 1. The van der Waals surface area contributed by atoms with E-state index >= 15 is 0 Å². The highest BCUT2D eigenvalue weighted by Crippen LogP contribution is 2.14. The van der Waals surface area contributed by atoms with Gasteiger partial charge in [-0.15, -0.1) is 0 Å². The Bertz CT molecular complexity index is 1600. The van der Waals surface area contributed by atoms with Gasteiger partial charge in [-0.1, -0.05) is 58.4 Å². The molecule has 54 heavy (non-hydrogen) atoms. The predicted octanol–water partition coefficient (Wildman–Crippen LogP) is 0.307. The van der Waals surface area contributed by atoms with Gasteiger partial charge >= 0.3 is 11.9 Å². The molecular formula is C37H52N6O11. The van der Waals surface area contributed by atoms with Crippen LogP contribution < -0.4 is 32.3 Å². The van der Waals surface area contributed by atoms with Crippen LogP contribution in [0, 0.1) is 11.8 Å². The third-order valence-electron chi connectivity index (χ3n) is 8.62. The molecule has 0 heterocycles. The van der Waals surface area contributed by atoms with E-state index in [4.69, 9.17) is 5.73 Å². The number of hydrogen-bond acceptors (Lipinski definition) is 10. The Labute approximate surface area is 313 Å². The number of carboxylic acid groups (broad SMARTS) is 2. The summed E-state index contributed by atoms with van der Waals surface area (Å²) in [4.78, 5) is 89.5. The van der Waals surface area contributed by atoms with Crippen molar-refractivity contribution < 1.29 is 54.0 Å². The molecule has 0 saturated heterocycles. The molecule has 0 aromatic heterocycles. The Morgan fingerprint density at radius 2 is 1.11 bits per heavy atom. The zero-order valence-electron chi connectivity index (χ0n) is 30.8. The molecule has 2 aromatic carbocycles. The van der Waals surface area contributed by atoms with Crippen LogP contribution in [-0.4, -0.2) is 98.7 Å². The van der Waals surface area contributed by atoms with Gasteiger partial charge in [0.05, 0.1) is 12.6 Å². The van der Waals surface area contributed by atoms with Crippen LogP contribution >= 0.6 is 0 Å². The fourth-order valence-electron chi connectivity index (χ4n) is 5.24. The Kier molecular flexibility index (Phi) is 17.9. The molecule has 2 rings (SSSR count). The van der Waals surface area contributed by atoms with Crippen molar-refractivity contribution in [1.82, 2.24) is 26.6 Å². The number of carbonyl (C=O) groups excluding carboxylic acids is 5. The summed E-state index contributed by atoms with van der Waals surface area (Å²) in [6.45, 7) is 6.45. The van der Waals surface area contributed by atoms with Gasteiger partial charge < -0.3 is 52.7 Å². The van der Waals surface area contributed by atoms with Crippen molar-refractivity contribution in [2.75, 3.05) is 6.54 Å². The first kappa shape index (κ1) is 44.5. The van der Waals surface area contributed by atoms with E-state index < -0.39 is 84.6 Å². The van der Waals surface area contributed by atoms with Gasteiger partial charge in [0, 0.05) is 19.3 Å². The average Bonchev–Trinajstić information content (AvgIpc) is 3.11. The predicted molar refractivity (Wildman–Crippen MR) is 196 cm³/mol. The first-order valence-electron chi connectivity index (χ1n) is 17.6. The summed E-state index contributed by atoms with van der Waals surface area (Å²) in [7, 11) is 0. The average molecular weight is 757 g/mol. The molecular weight excluding hydrogens is 704 g/mol. The van der Waals surface area contributed by atoms with E-state index in [2.05, 4.69) is 26.6 Å². The monoisotopic (exact) mass is 756 g/mol. The maximum Gasteiger partial charge on any atom is 0.326 e. The molecule has 0 unspecified atom stereocenters. The molecule has 17 heteroatoms. The second-order valence-electron chi connectivity index (χ2n) is 13.6. The fourth-order valence-corrected chi connectivity index (χ4v) is 5.24. The van der Waals surface area contributed by atoms with Crippen molar-refractivity contribution in [1.29, 1.82) is 0 Å². The number of rotatable bonds is 22. The summed E-state index contributed by atoms with van der Waals surface area (Å²) < 4.78 is 0. The minimum absolute atomic E-state index is 0.0279. The zero-order chi connectivity index (χ0) is 40.5. The second-order valence-corrected chi connectivity index (χ2v) is 13.6. The number of phenols is 2. The number of carbonyl (C=O) groups is 7. The molecule has 11 N–H and O–H groups in total. The van der Waals surface area contributed by atoms with Crippen LogP contribution in [0.1, 0.15) is 64.5 Å². The van der Waals surface area contributed by atoms with Gasteiger partial charge in [0.15, 0.2) is 0 Å². The summed E-state index contributed by atoms with van der Waals surface area (Å²) in [6.07, 6.45) is -0.424. The molecule has 0 fully saturated rings. The van der Waals surface area contributed by atoms with Crippen LogP contribution in [0.15, 0.2) is 48.5 Å². The van der Waals surface area contributed by atoms with Crippen molar-refractivity contribution in [2.24, 2.45) is 17.6 Å². The van der Waals surface area contributed by atoms with Gasteiger partial charge in [-0.05, 0) is 60.1 Å². The maximum atomic E-state index is 13.6. The minimum Gasteiger partial charge on any atom is -0.508 e. The van der Waals surface area contributed by atoms with Crippen molar-refractivity contribution in [3.8, 4) is 11.5 Å². The third kappa shape index (κ3) is 15.5. The summed E-state index contributed by atoms with van der Waals surface area (Å²) in [6, 6.07) is 5.35. The number of phenolic OH excluding ortho intramolecular Hbond substituents is 2. The number of aliphatic carboxylic acids is 2. The van der Waals surface area contributed by atoms with E-state index in [0.29, 0.717) is 17.5 Å². The van der Waals surface area contributed by atoms with E-state index in [1.54, 1.807) is 20.8 Å². The highest BCUT2D eigenvalue weighted by molar-refractivity contribution is 5.95. The fraction of sp³-hybridized carbons (Fsp3) is 0.486. The first-order chi connectivity index (χ1) is 25.4. The summed E-state index contributed by atoms with van der Waals surface area (Å²) >= 11 is 0. The number of amides is 5. The minimum atomic E-state index is -1.48. The normalized spacial score (nSPS) is 14.3. The van der Waals surface area contributed by atoms with E-state index in [0.717, 1.165) is 0 Å². The lowest BCUT2D eigenvalue weighted by atomic mass is 9.98. The van der Waals surface area contributed by atoms with Gasteiger partial charge in [-0.3, -0.25) is 28.8 Å². The number of nitrogens with one attached hydrogen (secondary N) is 5. The zero-order valence-corrected chi connectivity index (χ0v) is 30.8. The Morgan fingerprint density at radius 3 is 1.56 bits per heavy atom. The molecule has 0 aliphatic heterocycles. The Balaban J connectivity index is 2.24. The van der Waals surface area contributed by atoms with Crippen LogP contribution in [0.25, 0.3) is 0 Å². The molecule has 6 atom stereocenters. The SMILES string of the molecule is CC[C@H](C)[C@H](N)C(=O)N[C@@H](Cc1ccc(O)cc1)C(=O)N[C@@H](CCC(=O)O)C(=O)NCC(=O)N[C@@H](Cc1ccc(O)cc1)C(=O)N[C@@H](CC(C)C)C(=O)O. The lowest BCUT2D eigenvalue weighted by molar-refractivity contribution is -0.142. The molecule has 0 bridgehead atoms. The quantitative estimate of drug-likeness (QED) is 0.0777. The summed E-state index contributed by atoms with van der Waals surface area (Å²) in [5, 5.41) is 50.6. The summed E-state index contributed by atoms with van der Waals surface area (Å²) in [5.74, 6) is -6.99. The molecule has 5 amide bonds. The van der Waals surface area contributed by atoms with Crippen molar-refractivity contribution in [3.05, 3.63) is 59.7 Å². The largest absolute Gasteiger partial charge is 0.508 e. The van der Waals surface area contributed by atoms with Crippen molar-refractivity contribution in [2.45, 2.75) is 96.4 Å². The molecule has 2 aromatic rings. The maximum absolute atomic E-state index is 13.6.